The van der Waals surface area contributed by atoms with Gasteiger partial charge in [0, 0.05) is 31.5 Å². The lowest BCUT2D eigenvalue weighted by Gasteiger charge is -2.13. The number of benzene rings is 2. The minimum atomic E-state index is -0.383. The zero-order valence-electron chi connectivity index (χ0n) is 18.3. The lowest BCUT2D eigenvalue weighted by atomic mass is 10.1. The van der Waals surface area contributed by atoms with Crippen molar-refractivity contribution in [3.8, 4) is 11.5 Å². The van der Waals surface area contributed by atoms with Crippen LogP contribution in [-0.2, 0) is 9.59 Å². The van der Waals surface area contributed by atoms with Crippen LogP contribution in [0.5, 0.6) is 11.5 Å². The summed E-state index contributed by atoms with van der Waals surface area (Å²) in [7, 11) is 2.99. The van der Waals surface area contributed by atoms with Gasteiger partial charge in [-0.25, -0.2) is 0 Å². The highest BCUT2D eigenvalue weighted by Gasteiger charge is 2.34. The summed E-state index contributed by atoms with van der Waals surface area (Å²) in [5.74, 6) is 0.0227. The summed E-state index contributed by atoms with van der Waals surface area (Å²) >= 11 is 0.875. The summed E-state index contributed by atoms with van der Waals surface area (Å²) in [5.41, 5.74) is 1.25. The first kappa shape index (κ1) is 24.1. The van der Waals surface area contributed by atoms with Crippen LogP contribution in [0.25, 0.3) is 6.08 Å². The number of carbonyl (C=O) groups is 4. The second-order valence-corrected chi connectivity index (χ2v) is 8.08. The van der Waals surface area contributed by atoms with Crippen LogP contribution in [0.15, 0.2) is 53.4 Å². The average molecular weight is 469 g/mol. The molecule has 3 rings (SSSR count). The Bertz CT molecular complexity index is 1080. The van der Waals surface area contributed by atoms with E-state index in [0.717, 1.165) is 22.2 Å². The molecule has 1 fully saturated rings. The largest absolute Gasteiger partial charge is 0.493 e. The highest BCUT2D eigenvalue weighted by Crippen LogP contribution is 2.32. The van der Waals surface area contributed by atoms with Crippen LogP contribution in [0.3, 0.4) is 0 Å². The third-order valence-electron chi connectivity index (χ3n) is 4.91. The number of amides is 3. The second-order valence-electron chi connectivity index (χ2n) is 7.09. The molecule has 0 spiro atoms. The molecule has 1 saturated heterocycles. The number of imide groups is 1. The van der Waals surface area contributed by atoms with E-state index in [1.54, 1.807) is 24.3 Å². The first-order valence-electron chi connectivity index (χ1n) is 10.2. The van der Waals surface area contributed by atoms with Crippen molar-refractivity contribution in [3.05, 3.63) is 64.6 Å². The molecule has 0 saturated carbocycles. The molecule has 1 aliphatic heterocycles. The molecule has 1 aliphatic rings. The van der Waals surface area contributed by atoms with Gasteiger partial charge in [-0.05, 0) is 41.6 Å². The SMILES string of the molecule is COc1ccc(C(=O)CCC(=O)NCCN2C(=O)S/C(=C\c3ccccc3)C2=O)cc1OC. The first-order valence-corrected chi connectivity index (χ1v) is 11.1. The van der Waals surface area contributed by atoms with Gasteiger partial charge in [0.1, 0.15) is 0 Å². The predicted octanol–water partition coefficient (Wildman–Crippen LogP) is 3.52. The average Bonchev–Trinajstić information content (AvgIpc) is 3.09. The van der Waals surface area contributed by atoms with Crippen LogP contribution in [-0.4, -0.2) is 55.0 Å². The summed E-state index contributed by atoms with van der Waals surface area (Å²) in [4.78, 5) is 50.7. The van der Waals surface area contributed by atoms with Gasteiger partial charge >= 0.3 is 0 Å². The van der Waals surface area contributed by atoms with E-state index in [1.165, 1.54) is 14.2 Å². The van der Waals surface area contributed by atoms with Gasteiger partial charge < -0.3 is 14.8 Å². The zero-order chi connectivity index (χ0) is 23.8. The third-order valence-corrected chi connectivity index (χ3v) is 5.82. The molecule has 172 valence electrons. The number of rotatable bonds is 10. The Morgan fingerprint density at radius 2 is 1.73 bits per heavy atom. The van der Waals surface area contributed by atoms with Crippen LogP contribution in [0, 0.1) is 0 Å². The van der Waals surface area contributed by atoms with Gasteiger partial charge in [-0.3, -0.25) is 24.1 Å². The molecule has 3 amide bonds. The van der Waals surface area contributed by atoms with E-state index in [2.05, 4.69) is 5.32 Å². The monoisotopic (exact) mass is 468 g/mol. The number of ether oxygens (including phenoxy) is 2. The number of hydrogen-bond donors (Lipinski definition) is 1. The molecule has 9 heteroatoms. The van der Waals surface area contributed by atoms with Crippen molar-refractivity contribution in [3.63, 3.8) is 0 Å². The van der Waals surface area contributed by atoms with Crippen molar-refractivity contribution < 1.29 is 28.7 Å². The van der Waals surface area contributed by atoms with Gasteiger partial charge in [0.25, 0.3) is 11.1 Å². The number of thioether (sulfide) groups is 1. The number of Topliss-reactive ketones (excluding diaryl/α,β-unsaturated/α-hetero) is 1. The molecular weight excluding hydrogens is 444 g/mol. The van der Waals surface area contributed by atoms with Crippen LogP contribution < -0.4 is 14.8 Å². The van der Waals surface area contributed by atoms with E-state index in [9.17, 15) is 19.2 Å². The van der Waals surface area contributed by atoms with Crippen LogP contribution >= 0.6 is 11.8 Å². The van der Waals surface area contributed by atoms with E-state index in [4.69, 9.17) is 9.47 Å². The number of hydrogen-bond acceptors (Lipinski definition) is 7. The Hall–Kier alpha value is -3.59. The van der Waals surface area contributed by atoms with Crippen molar-refractivity contribution in [1.82, 2.24) is 10.2 Å². The number of carbonyl (C=O) groups excluding carboxylic acids is 4. The normalized spacial score (nSPS) is 14.5. The van der Waals surface area contributed by atoms with Gasteiger partial charge in [0.2, 0.25) is 5.91 Å². The van der Waals surface area contributed by atoms with Gasteiger partial charge in [-0.1, -0.05) is 30.3 Å². The molecule has 8 nitrogen and oxygen atoms in total. The van der Waals surface area contributed by atoms with Crippen molar-refractivity contribution in [2.45, 2.75) is 12.8 Å². The third kappa shape index (κ3) is 6.23. The summed E-state index contributed by atoms with van der Waals surface area (Å²) < 4.78 is 10.3. The number of nitrogens with zero attached hydrogens (tertiary/aromatic N) is 1. The molecule has 0 unspecified atom stereocenters. The lowest BCUT2D eigenvalue weighted by molar-refractivity contribution is -0.124. The molecule has 0 aromatic heterocycles. The Morgan fingerprint density at radius 1 is 1.00 bits per heavy atom. The lowest BCUT2D eigenvalue weighted by Crippen LogP contribution is -2.37. The summed E-state index contributed by atoms with van der Waals surface area (Å²) in [6, 6.07) is 14.1. The van der Waals surface area contributed by atoms with Crippen molar-refractivity contribution in [2.75, 3.05) is 27.3 Å². The molecule has 1 N–H and O–H groups in total. The first-order chi connectivity index (χ1) is 15.9. The molecule has 2 aromatic rings. The molecule has 0 aliphatic carbocycles. The number of nitrogens with one attached hydrogen (secondary N) is 1. The maximum Gasteiger partial charge on any atom is 0.293 e. The van der Waals surface area contributed by atoms with E-state index in [-0.39, 0.29) is 48.8 Å². The molecule has 0 bridgehead atoms. The Balaban J connectivity index is 1.46. The second kappa shape index (κ2) is 11.3. The van der Waals surface area contributed by atoms with E-state index in [1.807, 2.05) is 30.3 Å². The molecular formula is C24H24N2O6S. The van der Waals surface area contributed by atoms with Gasteiger partial charge in [-0.15, -0.1) is 0 Å². The van der Waals surface area contributed by atoms with E-state index in [0.29, 0.717) is 22.0 Å². The zero-order valence-corrected chi connectivity index (χ0v) is 19.1. The fourth-order valence-corrected chi connectivity index (χ4v) is 4.04. The minimum Gasteiger partial charge on any atom is -0.493 e. The van der Waals surface area contributed by atoms with Crippen molar-refractivity contribution >= 4 is 40.7 Å². The minimum absolute atomic E-state index is 0.0109. The van der Waals surface area contributed by atoms with Crippen LogP contribution in [0.2, 0.25) is 0 Å². The van der Waals surface area contributed by atoms with E-state index >= 15 is 0 Å². The molecule has 0 atom stereocenters. The van der Waals surface area contributed by atoms with Crippen molar-refractivity contribution in [1.29, 1.82) is 0 Å². The smallest absolute Gasteiger partial charge is 0.293 e. The molecule has 1 heterocycles. The maximum atomic E-state index is 12.5. The van der Waals surface area contributed by atoms with E-state index < -0.39 is 0 Å². The van der Waals surface area contributed by atoms with Gasteiger partial charge in [0.05, 0.1) is 19.1 Å². The summed E-state index contributed by atoms with van der Waals surface area (Å²) in [5, 5.41) is 2.28. The molecule has 33 heavy (non-hydrogen) atoms. The van der Waals surface area contributed by atoms with Crippen LogP contribution in [0.4, 0.5) is 4.79 Å². The Labute approximate surface area is 195 Å². The Morgan fingerprint density at radius 3 is 2.42 bits per heavy atom. The quantitative estimate of drug-likeness (QED) is 0.420. The predicted molar refractivity (Wildman–Crippen MR) is 125 cm³/mol. The van der Waals surface area contributed by atoms with Gasteiger partial charge in [0.15, 0.2) is 17.3 Å². The van der Waals surface area contributed by atoms with Gasteiger partial charge in [-0.2, -0.15) is 0 Å². The number of ketones is 1. The summed E-state index contributed by atoms with van der Waals surface area (Å²) in [6.45, 7) is 0.173. The fourth-order valence-electron chi connectivity index (χ4n) is 3.17. The Kier molecular flexibility index (Phi) is 8.26. The standard InChI is InChI=1S/C24H24N2O6S/c1-31-19-10-8-17(15-20(19)32-2)18(27)9-11-22(28)25-12-13-26-23(29)21(33-24(26)30)14-16-6-4-3-5-7-16/h3-8,10,14-15H,9,11-13H2,1-2H3,(H,25,28)/b21-14-. The molecule has 0 radical (unpaired) electrons. The van der Waals surface area contributed by atoms with Crippen LogP contribution in [0.1, 0.15) is 28.8 Å². The number of methoxy groups -OCH3 is 2. The highest BCUT2D eigenvalue weighted by molar-refractivity contribution is 8.18. The topological polar surface area (TPSA) is 102 Å². The highest BCUT2D eigenvalue weighted by atomic mass is 32.2. The van der Waals surface area contributed by atoms with Crippen molar-refractivity contribution in [2.24, 2.45) is 0 Å². The fraction of sp³-hybridized carbons (Fsp3) is 0.250. The molecule has 2 aromatic carbocycles. The maximum absolute atomic E-state index is 12.5. The summed E-state index contributed by atoms with van der Waals surface area (Å²) in [6.07, 6.45) is 1.68.